The van der Waals surface area contributed by atoms with E-state index in [9.17, 15) is 8.78 Å². The highest BCUT2D eigenvalue weighted by Crippen LogP contribution is 2.40. The van der Waals surface area contributed by atoms with Crippen molar-refractivity contribution in [2.75, 3.05) is 13.2 Å². The van der Waals surface area contributed by atoms with E-state index in [4.69, 9.17) is 4.74 Å². The second-order valence-electron chi connectivity index (χ2n) is 10.2. The molecule has 2 nitrogen and oxygen atoms in total. The van der Waals surface area contributed by atoms with Crippen LogP contribution >= 0.6 is 0 Å². The molecule has 35 heavy (non-hydrogen) atoms. The Morgan fingerprint density at radius 3 is 1.91 bits per heavy atom. The van der Waals surface area contributed by atoms with Gasteiger partial charge >= 0.3 is 0 Å². The van der Waals surface area contributed by atoms with Crippen LogP contribution < -0.4 is 0 Å². The molecule has 2 aliphatic rings. The Kier molecular flexibility index (Phi) is 7.90. The fraction of sp³-hybridized carbons (Fsp3) is 0.419. The third kappa shape index (κ3) is 6.17. The first kappa shape index (κ1) is 24.1. The lowest BCUT2D eigenvalue weighted by molar-refractivity contribution is 0.0461. The molecule has 0 spiro atoms. The molecule has 3 atom stereocenters. The molecule has 2 bridgehead atoms. The minimum absolute atomic E-state index is 0.266. The van der Waals surface area contributed by atoms with Gasteiger partial charge in [0.1, 0.15) is 17.7 Å². The molecular formula is C31H35F2NO. The average Bonchev–Trinajstić information content (AvgIpc) is 3.11. The second kappa shape index (κ2) is 11.5. The summed E-state index contributed by atoms with van der Waals surface area (Å²) >= 11 is 0. The summed E-state index contributed by atoms with van der Waals surface area (Å²) in [4.78, 5) is 2.78. The number of rotatable bonds is 10. The molecule has 0 aliphatic carbocycles. The Bertz CT molecular complexity index is 994. The van der Waals surface area contributed by atoms with E-state index in [-0.39, 0.29) is 17.7 Å². The number of piperidine rings is 1. The number of nitrogens with zero attached hydrogens (tertiary/aromatic N) is 1. The van der Waals surface area contributed by atoms with Crippen molar-refractivity contribution in [1.82, 2.24) is 4.90 Å². The maximum absolute atomic E-state index is 13.5. The van der Waals surface area contributed by atoms with Crippen LogP contribution in [0.2, 0.25) is 0 Å². The smallest absolute Gasteiger partial charge is 0.123 e. The molecule has 184 valence electrons. The zero-order valence-corrected chi connectivity index (χ0v) is 20.3. The van der Waals surface area contributed by atoms with Crippen molar-refractivity contribution in [2.24, 2.45) is 5.92 Å². The van der Waals surface area contributed by atoms with Crippen molar-refractivity contribution >= 4 is 0 Å². The number of ether oxygens (including phenoxy) is 1. The van der Waals surface area contributed by atoms with E-state index in [1.807, 2.05) is 0 Å². The van der Waals surface area contributed by atoms with E-state index in [0.29, 0.717) is 24.6 Å². The Morgan fingerprint density at radius 1 is 0.771 bits per heavy atom. The Labute approximate surface area is 207 Å². The molecule has 0 amide bonds. The number of hydrogen-bond acceptors (Lipinski definition) is 2. The van der Waals surface area contributed by atoms with E-state index in [0.717, 1.165) is 24.0 Å². The standard InChI is InChI=1S/C31H35F2NO/c32-27-12-8-25(9-13-27)31(26-10-14-28(33)15-11-26)35-20-18-24-21-29-16-17-30(22-24)34(29)19-4-7-23-5-2-1-3-6-23/h1-3,5-6,8-15,24,29-31H,4,7,16-22H2/t24?,29-,30+. The summed E-state index contributed by atoms with van der Waals surface area (Å²) in [7, 11) is 0. The topological polar surface area (TPSA) is 12.5 Å². The van der Waals surface area contributed by atoms with E-state index >= 15 is 0 Å². The summed E-state index contributed by atoms with van der Waals surface area (Å²) in [5.74, 6) is 0.148. The average molecular weight is 476 g/mol. The van der Waals surface area contributed by atoms with Gasteiger partial charge in [-0.15, -0.1) is 0 Å². The summed E-state index contributed by atoms with van der Waals surface area (Å²) in [6.45, 7) is 1.85. The third-order valence-corrected chi connectivity index (χ3v) is 7.86. The van der Waals surface area contributed by atoms with Crippen molar-refractivity contribution in [3.05, 3.63) is 107 Å². The molecule has 0 N–H and O–H groups in total. The Hall–Kier alpha value is -2.56. The normalized spacial score (nSPS) is 22.1. The van der Waals surface area contributed by atoms with Gasteiger partial charge in [-0.3, -0.25) is 4.90 Å². The molecule has 0 aromatic heterocycles. The van der Waals surface area contributed by atoms with Gasteiger partial charge in [-0.25, -0.2) is 8.78 Å². The van der Waals surface area contributed by atoms with Gasteiger partial charge in [0, 0.05) is 18.7 Å². The zero-order chi connectivity index (χ0) is 24.0. The SMILES string of the molecule is Fc1ccc(C(OCCC2C[C@H]3CC[C@@H](C2)N3CCCc2ccccc2)c2ccc(F)cc2)cc1. The summed E-state index contributed by atoms with van der Waals surface area (Å²) in [5, 5.41) is 0. The van der Waals surface area contributed by atoms with Crippen LogP contribution in [0.15, 0.2) is 78.9 Å². The zero-order valence-electron chi connectivity index (χ0n) is 20.3. The van der Waals surface area contributed by atoms with Crippen molar-refractivity contribution < 1.29 is 13.5 Å². The quantitative estimate of drug-likeness (QED) is 0.304. The number of hydrogen-bond donors (Lipinski definition) is 0. The fourth-order valence-electron chi connectivity index (χ4n) is 6.11. The molecule has 1 unspecified atom stereocenters. The van der Waals surface area contributed by atoms with Crippen LogP contribution in [0.4, 0.5) is 8.78 Å². The lowest BCUT2D eigenvalue weighted by Crippen LogP contribution is -2.43. The van der Waals surface area contributed by atoms with Crippen molar-refractivity contribution in [3.63, 3.8) is 0 Å². The molecule has 0 radical (unpaired) electrons. The molecule has 0 saturated carbocycles. The summed E-state index contributed by atoms with van der Waals surface area (Å²) in [6, 6.07) is 25.1. The summed E-state index contributed by atoms with van der Waals surface area (Å²) < 4.78 is 33.3. The van der Waals surface area contributed by atoms with Crippen molar-refractivity contribution in [2.45, 2.75) is 63.1 Å². The van der Waals surface area contributed by atoms with Crippen LogP contribution in [-0.2, 0) is 11.2 Å². The Balaban J connectivity index is 1.14. The van der Waals surface area contributed by atoms with Crippen LogP contribution in [0.1, 0.15) is 61.3 Å². The van der Waals surface area contributed by atoms with Crippen LogP contribution in [0.25, 0.3) is 0 Å². The van der Waals surface area contributed by atoms with Crippen LogP contribution in [-0.4, -0.2) is 30.1 Å². The highest BCUT2D eigenvalue weighted by Gasteiger charge is 2.39. The third-order valence-electron chi connectivity index (χ3n) is 7.86. The van der Waals surface area contributed by atoms with Gasteiger partial charge in [-0.05, 0) is 98.4 Å². The first-order chi connectivity index (χ1) is 17.2. The van der Waals surface area contributed by atoms with Gasteiger partial charge in [0.2, 0.25) is 0 Å². The fourth-order valence-corrected chi connectivity index (χ4v) is 6.11. The van der Waals surface area contributed by atoms with E-state index in [2.05, 4.69) is 35.2 Å². The lowest BCUT2D eigenvalue weighted by atomic mass is 9.88. The molecule has 2 fully saturated rings. The van der Waals surface area contributed by atoms with Crippen LogP contribution in [0.5, 0.6) is 0 Å². The molecule has 2 saturated heterocycles. The van der Waals surface area contributed by atoms with E-state index in [1.54, 1.807) is 24.3 Å². The van der Waals surface area contributed by atoms with Gasteiger partial charge in [-0.1, -0.05) is 54.6 Å². The molecule has 4 heteroatoms. The van der Waals surface area contributed by atoms with E-state index in [1.165, 1.54) is 68.5 Å². The number of aryl methyl sites for hydroxylation is 1. The minimum atomic E-state index is -0.314. The van der Waals surface area contributed by atoms with Gasteiger partial charge in [0.05, 0.1) is 0 Å². The van der Waals surface area contributed by atoms with Crippen LogP contribution in [0, 0.1) is 17.6 Å². The monoisotopic (exact) mass is 475 g/mol. The predicted molar refractivity (Wildman–Crippen MR) is 136 cm³/mol. The number of fused-ring (bicyclic) bond motifs is 2. The number of halogens is 2. The van der Waals surface area contributed by atoms with Gasteiger partial charge in [0.15, 0.2) is 0 Å². The van der Waals surface area contributed by atoms with Crippen molar-refractivity contribution in [1.29, 1.82) is 0 Å². The molecular weight excluding hydrogens is 440 g/mol. The molecule has 2 heterocycles. The first-order valence-electron chi connectivity index (χ1n) is 13.1. The molecule has 2 aliphatic heterocycles. The highest BCUT2D eigenvalue weighted by atomic mass is 19.1. The van der Waals surface area contributed by atoms with Gasteiger partial charge < -0.3 is 4.74 Å². The molecule has 5 rings (SSSR count). The van der Waals surface area contributed by atoms with Gasteiger partial charge in [-0.2, -0.15) is 0 Å². The first-order valence-corrected chi connectivity index (χ1v) is 13.1. The largest absolute Gasteiger partial charge is 0.369 e. The van der Waals surface area contributed by atoms with Crippen molar-refractivity contribution in [3.8, 4) is 0 Å². The number of benzene rings is 3. The summed E-state index contributed by atoms with van der Waals surface area (Å²) in [6.07, 6.45) is 8.24. The maximum Gasteiger partial charge on any atom is 0.123 e. The molecule has 3 aromatic carbocycles. The minimum Gasteiger partial charge on any atom is -0.369 e. The Morgan fingerprint density at radius 2 is 1.34 bits per heavy atom. The summed E-state index contributed by atoms with van der Waals surface area (Å²) in [5.41, 5.74) is 3.22. The maximum atomic E-state index is 13.5. The van der Waals surface area contributed by atoms with E-state index < -0.39 is 0 Å². The predicted octanol–water partition coefficient (Wildman–Crippen LogP) is 7.34. The lowest BCUT2D eigenvalue weighted by Gasteiger charge is -2.39. The van der Waals surface area contributed by atoms with Gasteiger partial charge in [0.25, 0.3) is 0 Å². The van der Waals surface area contributed by atoms with Crippen LogP contribution in [0.3, 0.4) is 0 Å². The highest BCUT2D eigenvalue weighted by molar-refractivity contribution is 5.30. The molecule has 3 aromatic rings. The second-order valence-corrected chi connectivity index (χ2v) is 10.2.